The van der Waals surface area contributed by atoms with Gasteiger partial charge in [-0.2, -0.15) is 0 Å². The third kappa shape index (κ3) is 4.21. The van der Waals surface area contributed by atoms with Gasteiger partial charge in [-0.3, -0.25) is 4.98 Å². The first-order valence-electron chi connectivity index (χ1n) is 10.2. The third-order valence-corrected chi connectivity index (χ3v) is 7.97. The molecule has 1 fully saturated rings. The summed E-state index contributed by atoms with van der Waals surface area (Å²) < 4.78 is 26.9. The zero-order valence-corrected chi connectivity index (χ0v) is 18.0. The minimum atomic E-state index is -3.30. The van der Waals surface area contributed by atoms with Crippen LogP contribution in [0.4, 0.5) is 0 Å². The van der Waals surface area contributed by atoms with Crippen molar-refractivity contribution in [2.75, 3.05) is 0 Å². The molecule has 0 bridgehead atoms. The molecular formula is C22H28N4O2S. The summed E-state index contributed by atoms with van der Waals surface area (Å²) in [4.78, 5) is 12.7. The number of nitrogens with one attached hydrogen (secondary N) is 2. The van der Waals surface area contributed by atoms with Crippen molar-refractivity contribution in [3.63, 3.8) is 0 Å². The number of aromatic nitrogens is 3. The van der Waals surface area contributed by atoms with Crippen LogP contribution in [-0.2, 0) is 10.0 Å². The molecule has 29 heavy (non-hydrogen) atoms. The van der Waals surface area contributed by atoms with Crippen LogP contribution < -0.4 is 4.72 Å². The van der Waals surface area contributed by atoms with Crippen LogP contribution in [0, 0.1) is 0 Å². The van der Waals surface area contributed by atoms with E-state index in [9.17, 15) is 8.42 Å². The zero-order chi connectivity index (χ0) is 20.6. The standard InChI is InChI=1S/C22H28N4O2S/c1-22(2,3)29(27,28)26-16-9-7-15(8-10-16)20-14-21-19(24-20)12-11-18(25-21)17-6-4-5-13-23-17/h4-6,11-16,24,26H,7-10H2,1-3H3. The normalized spacial score (nSPS) is 20.8. The summed E-state index contributed by atoms with van der Waals surface area (Å²) in [7, 11) is -3.30. The van der Waals surface area contributed by atoms with Gasteiger partial charge >= 0.3 is 0 Å². The molecular weight excluding hydrogens is 384 g/mol. The molecule has 154 valence electrons. The number of rotatable bonds is 4. The Morgan fingerprint density at radius 3 is 2.45 bits per heavy atom. The molecule has 6 nitrogen and oxygen atoms in total. The molecule has 0 aromatic carbocycles. The van der Waals surface area contributed by atoms with Gasteiger partial charge in [0.2, 0.25) is 10.0 Å². The number of nitrogens with zero attached hydrogens (tertiary/aromatic N) is 2. The van der Waals surface area contributed by atoms with Crippen LogP contribution in [0.15, 0.2) is 42.6 Å². The number of hydrogen-bond acceptors (Lipinski definition) is 4. The van der Waals surface area contributed by atoms with Gasteiger partial charge in [-0.25, -0.2) is 18.1 Å². The average Bonchev–Trinajstić information content (AvgIpc) is 3.11. The fraction of sp³-hybridized carbons (Fsp3) is 0.455. The second kappa shape index (κ2) is 7.54. The number of aromatic amines is 1. The summed E-state index contributed by atoms with van der Waals surface area (Å²) in [6, 6.07) is 12.0. The Labute approximate surface area is 172 Å². The van der Waals surface area contributed by atoms with E-state index >= 15 is 0 Å². The van der Waals surface area contributed by atoms with Gasteiger partial charge in [-0.15, -0.1) is 0 Å². The first-order valence-corrected chi connectivity index (χ1v) is 11.6. The fourth-order valence-electron chi connectivity index (χ4n) is 3.82. The Bertz CT molecular complexity index is 1090. The maximum absolute atomic E-state index is 12.4. The van der Waals surface area contributed by atoms with E-state index in [4.69, 9.17) is 4.98 Å². The van der Waals surface area contributed by atoms with E-state index in [2.05, 4.69) is 26.8 Å². The van der Waals surface area contributed by atoms with Crippen LogP contribution in [0.2, 0.25) is 0 Å². The number of H-pyrrole nitrogens is 1. The molecule has 0 amide bonds. The number of sulfonamides is 1. The van der Waals surface area contributed by atoms with Crippen molar-refractivity contribution in [1.82, 2.24) is 19.7 Å². The lowest BCUT2D eigenvalue weighted by Crippen LogP contribution is -2.45. The molecule has 2 N–H and O–H groups in total. The van der Waals surface area contributed by atoms with Crippen molar-refractivity contribution in [1.29, 1.82) is 0 Å². The van der Waals surface area contributed by atoms with E-state index in [-0.39, 0.29) is 6.04 Å². The van der Waals surface area contributed by atoms with Crippen LogP contribution >= 0.6 is 0 Å². The van der Waals surface area contributed by atoms with Crippen molar-refractivity contribution < 1.29 is 8.42 Å². The van der Waals surface area contributed by atoms with Gasteiger partial charge in [0, 0.05) is 17.9 Å². The predicted molar refractivity (Wildman–Crippen MR) is 116 cm³/mol. The Balaban J connectivity index is 1.46. The van der Waals surface area contributed by atoms with Gasteiger partial charge in [0.15, 0.2) is 0 Å². The van der Waals surface area contributed by atoms with Crippen molar-refractivity contribution in [2.24, 2.45) is 0 Å². The SMILES string of the molecule is CC(C)(C)S(=O)(=O)NC1CCC(c2cc3nc(-c4ccccn4)ccc3[nH]2)CC1. The molecule has 1 aliphatic rings. The van der Waals surface area contributed by atoms with E-state index in [1.807, 2.05) is 24.3 Å². The number of fused-ring (bicyclic) bond motifs is 1. The van der Waals surface area contributed by atoms with Gasteiger partial charge < -0.3 is 4.98 Å². The summed E-state index contributed by atoms with van der Waals surface area (Å²) in [5, 5.41) is 0. The molecule has 3 aromatic heterocycles. The maximum Gasteiger partial charge on any atom is 0.216 e. The van der Waals surface area contributed by atoms with Gasteiger partial charge in [-0.05, 0) is 82.7 Å². The smallest absolute Gasteiger partial charge is 0.216 e. The summed E-state index contributed by atoms with van der Waals surface area (Å²) in [6.07, 6.45) is 5.38. The highest BCUT2D eigenvalue weighted by molar-refractivity contribution is 7.90. The zero-order valence-electron chi connectivity index (χ0n) is 17.1. The summed E-state index contributed by atoms with van der Waals surface area (Å²) >= 11 is 0. The van der Waals surface area contributed by atoms with E-state index in [0.717, 1.165) is 48.1 Å². The molecule has 0 unspecified atom stereocenters. The lowest BCUT2D eigenvalue weighted by atomic mass is 9.84. The molecule has 0 radical (unpaired) electrons. The first-order chi connectivity index (χ1) is 13.7. The van der Waals surface area contributed by atoms with Crippen molar-refractivity contribution in [3.05, 3.63) is 48.3 Å². The molecule has 0 saturated heterocycles. The lowest BCUT2D eigenvalue weighted by Gasteiger charge is -2.31. The minimum Gasteiger partial charge on any atom is -0.357 e. The molecule has 4 rings (SSSR count). The Kier molecular flexibility index (Phi) is 5.21. The van der Waals surface area contributed by atoms with Gasteiger partial charge in [0.05, 0.1) is 27.2 Å². The van der Waals surface area contributed by atoms with Gasteiger partial charge in [0.1, 0.15) is 0 Å². The Morgan fingerprint density at radius 2 is 1.79 bits per heavy atom. The molecule has 0 atom stereocenters. The molecule has 1 saturated carbocycles. The van der Waals surface area contributed by atoms with Crippen LogP contribution in [0.1, 0.15) is 58.1 Å². The number of hydrogen-bond donors (Lipinski definition) is 2. The lowest BCUT2D eigenvalue weighted by molar-refractivity contribution is 0.368. The third-order valence-electron chi connectivity index (χ3n) is 5.72. The second-order valence-electron chi connectivity index (χ2n) is 8.85. The summed E-state index contributed by atoms with van der Waals surface area (Å²) in [5.74, 6) is 0.401. The largest absolute Gasteiger partial charge is 0.357 e. The summed E-state index contributed by atoms with van der Waals surface area (Å²) in [5.41, 5.74) is 4.88. The van der Waals surface area contributed by atoms with Crippen LogP contribution in [0.3, 0.4) is 0 Å². The molecule has 7 heteroatoms. The van der Waals surface area contributed by atoms with E-state index in [0.29, 0.717) is 5.92 Å². The average molecular weight is 413 g/mol. The monoisotopic (exact) mass is 412 g/mol. The van der Waals surface area contributed by atoms with Crippen LogP contribution in [0.25, 0.3) is 22.4 Å². The highest BCUT2D eigenvalue weighted by atomic mass is 32.2. The second-order valence-corrected chi connectivity index (χ2v) is 11.3. The number of pyridine rings is 2. The highest BCUT2D eigenvalue weighted by Gasteiger charge is 2.33. The maximum atomic E-state index is 12.4. The molecule has 3 heterocycles. The fourth-order valence-corrected chi connectivity index (χ4v) is 4.85. The predicted octanol–water partition coefficient (Wildman–Crippen LogP) is 4.37. The molecule has 0 spiro atoms. The van der Waals surface area contributed by atoms with Crippen LogP contribution in [-0.4, -0.2) is 34.2 Å². The van der Waals surface area contributed by atoms with E-state index < -0.39 is 14.8 Å². The van der Waals surface area contributed by atoms with Crippen molar-refractivity contribution in [2.45, 2.75) is 63.2 Å². The molecule has 1 aliphatic carbocycles. The summed E-state index contributed by atoms with van der Waals surface area (Å²) in [6.45, 7) is 5.20. The van der Waals surface area contributed by atoms with Crippen molar-refractivity contribution >= 4 is 21.1 Å². The van der Waals surface area contributed by atoms with Gasteiger partial charge in [-0.1, -0.05) is 6.07 Å². The van der Waals surface area contributed by atoms with Crippen molar-refractivity contribution in [3.8, 4) is 11.4 Å². The van der Waals surface area contributed by atoms with E-state index in [1.165, 1.54) is 5.69 Å². The molecule has 3 aromatic rings. The Morgan fingerprint density at radius 1 is 1.03 bits per heavy atom. The quantitative estimate of drug-likeness (QED) is 0.666. The minimum absolute atomic E-state index is 0.0220. The topological polar surface area (TPSA) is 87.7 Å². The first kappa shape index (κ1) is 20.0. The van der Waals surface area contributed by atoms with Crippen LogP contribution in [0.5, 0.6) is 0 Å². The van der Waals surface area contributed by atoms with E-state index in [1.54, 1.807) is 27.0 Å². The highest BCUT2D eigenvalue weighted by Crippen LogP contribution is 2.34. The molecule has 0 aliphatic heterocycles. The Hall–Kier alpha value is -2.25. The van der Waals surface area contributed by atoms with Gasteiger partial charge in [0.25, 0.3) is 0 Å².